The highest BCUT2D eigenvalue weighted by Crippen LogP contribution is 2.20. The molecule has 1 heterocycles. The van der Waals surface area contributed by atoms with Crippen LogP contribution >= 0.6 is 0 Å². The zero-order valence-corrected chi connectivity index (χ0v) is 12.2. The van der Waals surface area contributed by atoms with Gasteiger partial charge >= 0.3 is 0 Å². The first-order valence-electron chi connectivity index (χ1n) is 6.36. The van der Waals surface area contributed by atoms with Crippen LogP contribution in [0, 0.1) is 13.8 Å². The first-order valence-corrected chi connectivity index (χ1v) is 6.36. The molecule has 1 aromatic heterocycles. The predicted molar refractivity (Wildman–Crippen MR) is 75.8 cm³/mol. The van der Waals surface area contributed by atoms with Crippen LogP contribution in [0.25, 0.3) is 0 Å². The fourth-order valence-electron chi connectivity index (χ4n) is 1.92. The summed E-state index contributed by atoms with van der Waals surface area (Å²) >= 11 is 0. The van der Waals surface area contributed by atoms with Crippen molar-refractivity contribution >= 4 is 5.82 Å². The first kappa shape index (κ1) is 14.9. The van der Waals surface area contributed by atoms with Crippen molar-refractivity contribution in [2.24, 2.45) is 5.73 Å². The monoisotopic (exact) mass is 251 g/mol. The van der Waals surface area contributed by atoms with Gasteiger partial charge in [0.2, 0.25) is 0 Å². The molecular formula is C13H25N5. The molecule has 5 nitrogen and oxygen atoms in total. The summed E-state index contributed by atoms with van der Waals surface area (Å²) in [6, 6.07) is 0. The van der Waals surface area contributed by atoms with Crippen LogP contribution in [-0.2, 0) is 6.54 Å². The number of anilines is 1. The summed E-state index contributed by atoms with van der Waals surface area (Å²) < 4.78 is 0. The maximum Gasteiger partial charge on any atom is 0.155 e. The molecule has 1 rings (SSSR count). The molecule has 2 N–H and O–H groups in total. The second-order valence-corrected chi connectivity index (χ2v) is 5.00. The van der Waals surface area contributed by atoms with Gasteiger partial charge in [0.15, 0.2) is 5.82 Å². The Hall–Kier alpha value is -1.20. The van der Waals surface area contributed by atoms with Gasteiger partial charge in [-0.1, -0.05) is 0 Å². The largest absolute Gasteiger partial charge is 0.358 e. The third-order valence-corrected chi connectivity index (χ3v) is 3.22. The highest BCUT2D eigenvalue weighted by molar-refractivity contribution is 5.50. The highest BCUT2D eigenvalue weighted by Gasteiger charge is 2.13. The second-order valence-electron chi connectivity index (χ2n) is 5.00. The molecule has 5 heteroatoms. The lowest BCUT2D eigenvalue weighted by Gasteiger charge is -2.22. The molecule has 0 atom stereocenters. The lowest BCUT2D eigenvalue weighted by Crippen LogP contribution is -2.26. The van der Waals surface area contributed by atoms with Gasteiger partial charge in [0, 0.05) is 25.7 Å². The van der Waals surface area contributed by atoms with E-state index in [1.165, 1.54) is 0 Å². The molecule has 0 radical (unpaired) electrons. The van der Waals surface area contributed by atoms with Crippen molar-refractivity contribution < 1.29 is 0 Å². The summed E-state index contributed by atoms with van der Waals surface area (Å²) in [6.07, 6.45) is 1.10. The minimum atomic E-state index is 0.509. The number of nitrogens with zero attached hydrogens (tertiary/aromatic N) is 4. The smallest absolute Gasteiger partial charge is 0.155 e. The minimum absolute atomic E-state index is 0.509. The summed E-state index contributed by atoms with van der Waals surface area (Å²) in [7, 11) is 6.22. The van der Waals surface area contributed by atoms with Crippen LogP contribution in [0.15, 0.2) is 0 Å². The van der Waals surface area contributed by atoms with Gasteiger partial charge in [-0.25, -0.2) is 0 Å². The Balaban J connectivity index is 2.79. The highest BCUT2D eigenvalue weighted by atomic mass is 15.2. The van der Waals surface area contributed by atoms with E-state index in [1.54, 1.807) is 0 Å². The van der Waals surface area contributed by atoms with Gasteiger partial charge in [0.25, 0.3) is 0 Å². The lowest BCUT2D eigenvalue weighted by atomic mass is 10.1. The van der Waals surface area contributed by atoms with E-state index >= 15 is 0 Å². The second kappa shape index (κ2) is 6.66. The van der Waals surface area contributed by atoms with Crippen molar-refractivity contribution in [2.75, 3.05) is 39.1 Å². The Bertz CT molecular complexity index is 389. The van der Waals surface area contributed by atoms with Crippen molar-refractivity contribution in [1.29, 1.82) is 0 Å². The van der Waals surface area contributed by atoms with Gasteiger partial charge in [0.1, 0.15) is 0 Å². The van der Waals surface area contributed by atoms with Crippen LogP contribution in [0.1, 0.15) is 23.2 Å². The van der Waals surface area contributed by atoms with Crippen LogP contribution in [0.4, 0.5) is 5.82 Å². The SMILES string of the molecule is Cc1nnc(N(C)CCCN(C)C)c(CN)c1C. The van der Waals surface area contributed by atoms with Crippen LogP contribution in [0.2, 0.25) is 0 Å². The first-order chi connectivity index (χ1) is 8.47. The van der Waals surface area contributed by atoms with Gasteiger partial charge in [-0.3, -0.25) is 0 Å². The predicted octanol–water partition coefficient (Wildman–Crippen LogP) is 0.940. The quantitative estimate of drug-likeness (QED) is 0.815. The van der Waals surface area contributed by atoms with Gasteiger partial charge in [-0.05, 0) is 46.5 Å². The zero-order valence-electron chi connectivity index (χ0n) is 12.2. The Kier molecular flexibility index (Phi) is 5.50. The number of nitrogens with two attached hydrogens (primary N) is 1. The van der Waals surface area contributed by atoms with Crippen LogP contribution < -0.4 is 10.6 Å². The number of aryl methyl sites for hydroxylation is 1. The summed E-state index contributed by atoms with van der Waals surface area (Å²) in [5.74, 6) is 0.916. The maximum atomic E-state index is 5.83. The summed E-state index contributed by atoms with van der Waals surface area (Å²) in [5.41, 5.74) is 9.05. The Morgan fingerprint density at radius 2 is 1.72 bits per heavy atom. The van der Waals surface area contributed by atoms with Crippen molar-refractivity contribution in [3.63, 3.8) is 0 Å². The molecule has 0 amide bonds. The molecule has 102 valence electrons. The molecule has 0 aliphatic carbocycles. The standard InChI is InChI=1S/C13H25N5/c1-10-11(2)15-16-13(12(10)9-14)18(5)8-6-7-17(3)4/h6-9,14H2,1-5H3. The number of hydrogen-bond donors (Lipinski definition) is 1. The molecule has 0 aliphatic heterocycles. The van der Waals surface area contributed by atoms with E-state index in [-0.39, 0.29) is 0 Å². The van der Waals surface area contributed by atoms with Crippen LogP contribution in [0.3, 0.4) is 0 Å². The maximum absolute atomic E-state index is 5.83. The third kappa shape index (κ3) is 3.65. The van der Waals surface area contributed by atoms with Gasteiger partial charge in [-0.15, -0.1) is 5.10 Å². The summed E-state index contributed by atoms with van der Waals surface area (Å²) in [6.45, 7) is 6.57. The molecular weight excluding hydrogens is 226 g/mol. The molecule has 0 saturated heterocycles. The average molecular weight is 251 g/mol. The average Bonchev–Trinajstić information content (AvgIpc) is 2.31. The van der Waals surface area contributed by atoms with Crippen molar-refractivity contribution in [3.8, 4) is 0 Å². The molecule has 0 spiro atoms. The van der Waals surface area contributed by atoms with Gasteiger partial charge < -0.3 is 15.5 Å². The van der Waals surface area contributed by atoms with Gasteiger partial charge in [0.05, 0.1) is 5.69 Å². The molecule has 18 heavy (non-hydrogen) atoms. The van der Waals surface area contributed by atoms with E-state index in [1.807, 2.05) is 14.0 Å². The van der Waals surface area contributed by atoms with E-state index < -0.39 is 0 Å². The third-order valence-electron chi connectivity index (χ3n) is 3.22. The Labute approximate surface area is 110 Å². The van der Waals surface area contributed by atoms with Crippen LogP contribution in [-0.4, -0.2) is 49.3 Å². The molecule has 0 saturated carbocycles. The Morgan fingerprint density at radius 1 is 1.06 bits per heavy atom. The summed E-state index contributed by atoms with van der Waals surface area (Å²) in [4.78, 5) is 4.33. The lowest BCUT2D eigenvalue weighted by molar-refractivity contribution is 0.401. The minimum Gasteiger partial charge on any atom is -0.358 e. The molecule has 1 aromatic rings. The fourth-order valence-corrected chi connectivity index (χ4v) is 1.92. The summed E-state index contributed by atoms with van der Waals surface area (Å²) in [5, 5.41) is 8.48. The van der Waals surface area contributed by atoms with Crippen molar-refractivity contribution in [3.05, 3.63) is 16.8 Å². The van der Waals surface area contributed by atoms with E-state index in [0.29, 0.717) is 6.54 Å². The number of rotatable bonds is 6. The molecule has 0 bridgehead atoms. The van der Waals surface area contributed by atoms with Crippen molar-refractivity contribution in [1.82, 2.24) is 15.1 Å². The van der Waals surface area contributed by atoms with E-state index in [9.17, 15) is 0 Å². The molecule has 0 aromatic carbocycles. The molecule has 0 fully saturated rings. The van der Waals surface area contributed by atoms with Crippen molar-refractivity contribution in [2.45, 2.75) is 26.8 Å². The topological polar surface area (TPSA) is 58.3 Å². The van der Waals surface area contributed by atoms with E-state index in [0.717, 1.165) is 42.1 Å². The normalized spacial score (nSPS) is 11.1. The zero-order chi connectivity index (χ0) is 13.7. The van der Waals surface area contributed by atoms with Crippen LogP contribution in [0.5, 0.6) is 0 Å². The number of hydrogen-bond acceptors (Lipinski definition) is 5. The fraction of sp³-hybridized carbons (Fsp3) is 0.692. The molecule has 0 aliphatic rings. The van der Waals surface area contributed by atoms with E-state index in [2.05, 4.69) is 41.0 Å². The number of aromatic nitrogens is 2. The Morgan fingerprint density at radius 3 is 2.28 bits per heavy atom. The van der Waals surface area contributed by atoms with Gasteiger partial charge in [-0.2, -0.15) is 5.10 Å². The molecule has 0 unspecified atom stereocenters. The van der Waals surface area contributed by atoms with E-state index in [4.69, 9.17) is 5.73 Å².